The van der Waals surface area contributed by atoms with Crippen LogP contribution < -0.4 is 10.1 Å². The molecule has 1 N–H and O–H groups in total. The zero-order valence-corrected chi connectivity index (χ0v) is 18.1. The fourth-order valence-electron chi connectivity index (χ4n) is 2.96. The highest BCUT2D eigenvalue weighted by molar-refractivity contribution is 5.88. The first kappa shape index (κ1) is 22.5. The van der Waals surface area contributed by atoms with Gasteiger partial charge in [-0.3, -0.25) is 9.59 Å². The van der Waals surface area contributed by atoms with Gasteiger partial charge in [-0.05, 0) is 50.5 Å². The van der Waals surface area contributed by atoms with Crippen LogP contribution >= 0.6 is 0 Å². The summed E-state index contributed by atoms with van der Waals surface area (Å²) >= 11 is 0. The van der Waals surface area contributed by atoms with Gasteiger partial charge < -0.3 is 15.0 Å². The quantitative estimate of drug-likeness (QED) is 0.700. The Labute approximate surface area is 174 Å². The lowest BCUT2D eigenvalue weighted by molar-refractivity contribution is -0.140. The summed E-state index contributed by atoms with van der Waals surface area (Å²) in [6, 6.07) is 15.0. The minimum atomic E-state index is -0.566. The van der Waals surface area contributed by atoms with E-state index in [2.05, 4.69) is 5.32 Å². The molecule has 0 bridgehead atoms. The van der Waals surface area contributed by atoms with Crippen molar-refractivity contribution in [1.29, 1.82) is 0 Å². The molecule has 2 atom stereocenters. The summed E-state index contributed by atoms with van der Waals surface area (Å²) in [6.07, 6.45) is 1.10. The third kappa shape index (κ3) is 6.63. The first-order valence-electron chi connectivity index (χ1n) is 10.1. The van der Waals surface area contributed by atoms with Crippen molar-refractivity contribution in [3.63, 3.8) is 0 Å². The van der Waals surface area contributed by atoms with Gasteiger partial charge in [-0.1, -0.05) is 48.9 Å². The van der Waals surface area contributed by atoms with Crippen molar-refractivity contribution in [3.8, 4) is 5.75 Å². The fraction of sp³-hybridized carbons (Fsp3) is 0.417. The molecule has 2 aromatic carbocycles. The Morgan fingerprint density at radius 2 is 1.59 bits per heavy atom. The molecule has 0 aliphatic carbocycles. The Balaban J connectivity index is 2.21. The maximum atomic E-state index is 13.1. The van der Waals surface area contributed by atoms with E-state index in [0.29, 0.717) is 6.54 Å². The standard InChI is InChI=1S/C24H32N2O3/c1-6-18(3)25-24(28)19(4)26(16-21-11-13-22(29-5)14-12-21)23(27)15-20-9-7-17(2)8-10-20/h7-14,18-19H,6,15-16H2,1-5H3,(H,25,28)/t18-,19+/m0/s1. The van der Waals surface area contributed by atoms with Gasteiger partial charge in [0.2, 0.25) is 11.8 Å². The monoisotopic (exact) mass is 396 g/mol. The zero-order chi connectivity index (χ0) is 21.4. The molecule has 0 aliphatic rings. The predicted octanol–water partition coefficient (Wildman–Crippen LogP) is 3.88. The number of ether oxygens (including phenoxy) is 1. The molecule has 2 aromatic rings. The average Bonchev–Trinajstić information content (AvgIpc) is 2.73. The van der Waals surface area contributed by atoms with Crippen molar-refractivity contribution in [2.45, 2.75) is 59.2 Å². The number of methoxy groups -OCH3 is 1. The Hall–Kier alpha value is -2.82. The topological polar surface area (TPSA) is 58.6 Å². The summed E-state index contributed by atoms with van der Waals surface area (Å²) in [4.78, 5) is 27.5. The normalized spacial score (nSPS) is 12.7. The second-order valence-corrected chi connectivity index (χ2v) is 7.53. The molecule has 0 radical (unpaired) electrons. The number of carbonyl (C=O) groups is 2. The van der Waals surface area contributed by atoms with Crippen LogP contribution in [0.3, 0.4) is 0 Å². The van der Waals surface area contributed by atoms with Crippen LogP contribution in [0.2, 0.25) is 0 Å². The number of nitrogens with one attached hydrogen (secondary N) is 1. The molecular formula is C24H32N2O3. The van der Waals surface area contributed by atoms with Crippen molar-refractivity contribution in [2.24, 2.45) is 0 Å². The molecule has 5 heteroatoms. The molecule has 0 fully saturated rings. The molecule has 0 unspecified atom stereocenters. The Bertz CT molecular complexity index is 800. The van der Waals surface area contributed by atoms with E-state index in [1.54, 1.807) is 18.9 Å². The number of benzene rings is 2. The first-order valence-corrected chi connectivity index (χ1v) is 10.1. The Kier molecular flexibility index (Phi) is 8.25. The summed E-state index contributed by atoms with van der Waals surface area (Å²) in [5, 5.41) is 2.99. The van der Waals surface area contributed by atoms with Gasteiger partial charge in [0.15, 0.2) is 0 Å². The average molecular weight is 397 g/mol. The maximum absolute atomic E-state index is 13.1. The van der Waals surface area contributed by atoms with Crippen LogP contribution in [0, 0.1) is 6.92 Å². The molecule has 0 heterocycles. The summed E-state index contributed by atoms with van der Waals surface area (Å²) < 4.78 is 5.21. The highest BCUT2D eigenvalue weighted by Gasteiger charge is 2.26. The minimum Gasteiger partial charge on any atom is -0.497 e. The largest absolute Gasteiger partial charge is 0.497 e. The second-order valence-electron chi connectivity index (χ2n) is 7.53. The molecule has 0 aliphatic heterocycles. The number of hydrogen-bond donors (Lipinski definition) is 1. The van der Waals surface area contributed by atoms with Gasteiger partial charge in [0.05, 0.1) is 13.5 Å². The van der Waals surface area contributed by atoms with Crippen molar-refractivity contribution in [1.82, 2.24) is 10.2 Å². The molecule has 0 spiro atoms. The highest BCUT2D eigenvalue weighted by Crippen LogP contribution is 2.16. The van der Waals surface area contributed by atoms with Crippen LogP contribution in [-0.4, -0.2) is 35.9 Å². The fourth-order valence-corrected chi connectivity index (χ4v) is 2.96. The van der Waals surface area contributed by atoms with E-state index in [-0.39, 0.29) is 24.3 Å². The van der Waals surface area contributed by atoms with Crippen LogP contribution in [0.1, 0.15) is 43.9 Å². The molecule has 2 amide bonds. The van der Waals surface area contributed by atoms with E-state index in [9.17, 15) is 9.59 Å². The highest BCUT2D eigenvalue weighted by atomic mass is 16.5. The van der Waals surface area contributed by atoms with E-state index < -0.39 is 6.04 Å². The van der Waals surface area contributed by atoms with Crippen LogP contribution in [0.15, 0.2) is 48.5 Å². The summed E-state index contributed by atoms with van der Waals surface area (Å²) in [5.74, 6) is 0.551. The second kappa shape index (κ2) is 10.6. The van der Waals surface area contributed by atoms with E-state index in [1.807, 2.05) is 69.3 Å². The van der Waals surface area contributed by atoms with Crippen molar-refractivity contribution < 1.29 is 14.3 Å². The molecule has 0 saturated carbocycles. The lowest BCUT2D eigenvalue weighted by Crippen LogP contribution is -2.49. The van der Waals surface area contributed by atoms with Gasteiger partial charge in [-0.2, -0.15) is 0 Å². The lowest BCUT2D eigenvalue weighted by Gasteiger charge is -2.30. The number of aryl methyl sites for hydroxylation is 1. The van der Waals surface area contributed by atoms with Crippen LogP contribution in [0.5, 0.6) is 5.75 Å². The zero-order valence-electron chi connectivity index (χ0n) is 18.1. The molecular weight excluding hydrogens is 364 g/mol. The Morgan fingerprint density at radius 3 is 2.14 bits per heavy atom. The number of amides is 2. The van der Waals surface area contributed by atoms with Gasteiger partial charge in [0.25, 0.3) is 0 Å². The molecule has 5 nitrogen and oxygen atoms in total. The molecule has 29 heavy (non-hydrogen) atoms. The summed E-state index contributed by atoms with van der Waals surface area (Å²) in [5.41, 5.74) is 3.04. The lowest BCUT2D eigenvalue weighted by atomic mass is 10.1. The third-order valence-electron chi connectivity index (χ3n) is 5.16. The van der Waals surface area contributed by atoms with Crippen LogP contribution in [0.25, 0.3) is 0 Å². The van der Waals surface area contributed by atoms with Crippen molar-refractivity contribution in [3.05, 3.63) is 65.2 Å². The van der Waals surface area contributed by atoms with Crippen LogP contribution in [-0.2, 0) is 22.6 Å². The molecule has 2 rings (SSSR count). The third-order valence-corrected chi connectivity index (χ3v) is 5.16. The number of rotatable bonds is 9. The molecule has 0 saturated heterocycles. The van der Waals surface area contributed by atoms with Crippen LogP contribution in [0.4, 0.5) is 0 Å². The summed E-state index contributed by atoms with van der Waals surface area (Å²) in [7, 11) is 1.62. The van der Waals surface area contributed by atoms with Gasteiger partial charge in [0.1, 0.15) is 11.8 Å². The van der Waals surface area contributed by atoms with Crippen molar-refractivity contribution >= 4 is 11.8 Å². The predicted molar refractivity (Wildman–Crippen MR) is 116 cm³/mol. The molecule has 156 valence electrons. The maximum Gasteiger partial charge on any atom is 0.242 e. The van der Waals surface area contributed by atoms with E-state index in [1.165, 1.54) is 0 Å². The SMILES string of the molecule is CC[C@H](C)NC(=O)[C@@H](C)N(Cc1ccc(OC)cc1)C(=O)Cc1ccc(C)cc1. The number of hydrogen-bond acceptors (Lipinski definition) is 3. The number of carbonyl (C=O) groups excluding carboxylic acids is 2. The van der Waals surface area contributed by atoms with Gasteiger partial charge in [0, 0.05) is 12.6 Å². The van der Waals surface area contributed by atoms with Gasteiger partial charge in [-0.15, -0.1) is 0 Å². The first-order chi connectivity index (χ1) is 13.8. The van der Waals surface area contributed by atoms with E-state index in [4.69, 9.17) is 4.74 Å². The van der Waals surface area contributed by atoms with Crippen molar-refractivity contribution in [2.75, 3.05) is 7.11 Å². The Morgan fingerprint density at radius 1 is 1.00 bits per heavy atom. The molecule has 0 aromatic heterocycles. The van der Waals surface area contributed by atoms with E-state index >= 15 is 0 Å². The van der Waals surface area contributed by atoms with E-state index in [0.717, 1.165) is 28.9 Å². The smallest absolute Gasteiger partial charge is 0.242 e. The number of nitrogens with zero attached hydrogens (tertiary/aromatic N) is 1. The summed E-state index contributed by atoms with van der Waals surface area (Å²) in [6.45, 7) is 8.15. The van der Waals surface area contributed by atoms with Gasteiger partial charge in [-0.25, -0.2) is 0 Å². The minimum absolute atomic E-state index is 0.0694. The van der Waals surface area contributed by atoms with Gasteiger partial charge >= 0.3 is 0 Å².